The normalized spacial score (nSPS) is 27.1. The van der Waals surface area contributed by atoms with Crippen LogP contribution in [0, 0.1) is 5.92 Å². The highest BCUT2D eigenvalue weighted by atomic mass is 79.9. The Morgan fingerprint density at radius 2 is 2.10 bits per heavy atom. The molecular formula is C14H19BrN4O. The molecule has 3 rings (SSSR count). The summed E-state index contributed by atoms with van der Waals surface area (Å²) in [5, 5.41) is 0.910. The first-order chi connectivity index (χ1) is 9.78. The Labute approximate surface area is 127 Å². The summed E-state index contributed by atoms with van der Waals surface area (Å²) in [7, 11) is 0. The Balaban J connectivity index is 1.68. The van der Waals surface area contributed by atoms with Crippen LogP contribution in [0.5, 0.6) is 0 Å². The number of amides is 1. The lowest BCUT2D eigenvalue weighted by Crippen LogP contribution is -2.49. The van der Waals surface area contributed by atoms with E-state index in [4.69, 9.17) is 0 Å². The monoisotopic (exact) mass is 338 g/mol. The summed E-state index contributed by atoms with van der Waals surface area (Å²) in [5.74, 6) is 1.54. The van der Waals surface area contributed by atoms with Gasteiger partial charge >= 0.3 is 0 Å². The summed E-state index contributed by atoms with van der Waals surface area (Å²) in [6, 6.07) is 2.14. The molecule has 2 saturated heterocycles. The Bertz CT molecular complexity index is 470. The van der Waals surface area contributed by atoms with Crippen molar-refractivity contribution in [2.24, 2.45) is 5.92 Å². The zero-order valence-electron chi connectivity index (χ0n) is 11.4. The number of carbonyl (C=O) groups excluding carboxylic acids is 1. The smallest absolute Gasteiger partial charge is 0.225 e. The number of aromatic nitrogens is 2. The van der Waals surface area contributed by atoms with Crippen molar-refractivity contribution in [3.8, 4) is 0 Å². The molecule has 0 radical (unpaired) electrons. The van der Waals surface area contributed by atoms with Crippen LogP contribution in [0.15, 0.2) is 18.5 Å². The van der Waals surface area contributed by atoms with Crippen molar-refractivity contribution in [1.29, 1.82) is 0 Å². The predicted octanol–water partition coefficient (Wildman–Crippen LogP) is 1.69. The highest BCUT2D eigenvalue weighted by Gasteiger charge is 2.36. The van der Waals surface area contributed by atoms with Gasteiger partial charge in [0.05, 0.1) is 0 Å². The molecule has 2 aliphatic heterocycles. The zero-order chi connectivity index (χ0) is 13.9. The number of anilines is 1. The minimum absolute atomic E-state index is 0.301. The number of hydrogen-bond acceptors (Lipinski definition) is 4. The maximum atomic E-state index is 12.1. The first-order valence-corrected chi connectivity index (χ1v) is 8.27. The van der Waals surface area contributed by atoms with Crippen LogP contribution in [-0.2, 0) is 4.79 Å². The summed E-state index contributed by atoms with van der Waals surface area (Å²) >= 11 is 3.49. The van der Waals surface area contributed by atoms with E-state index < -0.39 is 0 Å². The molecule has 1 aromatic rings. The van der Waals surface area contributed by atoms with Gasteiger partial charge in [0.25, 0.3) is 0 Å². The fourth-order valence-corrected chi connectivity index (χ4v) is 3.54. The number of nitrogens with zero attached hydrogens (tertiary/aromatic N) is 4. The predicted molar refractivity (Wildman–Crippen MR) is 80.9 cm³/mol. The van der Waals surface area contributed by atoms with E-state index in [0.717, 1.165) is 43.8 Å². The van der Waals surface area contributed by atoms with Crippen molar-refractivity contribution in [1.82, 2.24) is 14.9 Å². The van der Waals surface area contributed by atoms with Crippen molar-refractivity contribution >= 4 is 27.8 Å². The van der Waals surface area contributed by atoms with Crippen molar-refractivity contribution < 1.29 is 4.79 Å². The molecule has 20 heavy (non-hydrogen) atoms. The second kappa shape index (κ2) is 6.08. The van der Waals surface area contributed by atoms with Crippen LogP contribution in [0.2, 0.25) is 0 Å². The van der Waals surface area contributed by atoms with Gasteiger partial charge in [-0.15, -0.1) is 0 Å². The average molecular weight is 339 g/mol. The van der Waals surface area contributed by atoms with Gasteiger partial charge in [-0.25, -0.2) is 9.97 Å². The molecule has 2 fully saturated rings. The topological polar surface area (TPSA) is 49.3 Å². The molecule has 0 N–H and O–H groups in total. The molecule has 1 amide bonds. The van der Waals surface area contributed by atoms with Gasteiger partial charge in [0.2, 0.25) is 11.9 Å². The third-order valence-corrected chi connectivity index (χ3v) is 5.04. The van der Waals surface area contributed by atoms with Crippen molar-refractivity contribution in [3.63, 3.8) is 0 Å². The number of halogens is 1. The van der Waals surface area contributed by atoms with Crippen LogP contribution < -0.4 is 4.90 Å². The molecule has 3 heterocycles. The first kappa shape index (κ1) is 13.8. The first-order valence-electron chi connectivity index (χ1n) is 7.15. The van der Waals surface area contributed by atoms with E-state index in [1.807, 2.05) is 6.07 Å². The number of piperidine rings is 1. The average Bonchev–Trinajstić information content (AvgIpc) is 2.89. The molecule has 108 valence electrons. The standard InChI is InChI=1S/C14H19BrN4O/c15-8-11-7-13(20)19(9-11)12-3-1-6-18(10-12)14-16-4-2-5-17-14/h2,4-5,11-12H,1,3,6-10H2. The molecule has 1 aromatic heterocycles. The Hall–Kier alpha value is -1.17. The Morgan fingerprint density at radius 1 is 1.30 bits per heavy atom. The van der Waals surface area contributed by atoms with Gasteiger partial charge in [-0.3, -0.25) is 4.79 Å². The fourth-order valence-electron chi connectivity index (χ4n) is 3.11. The quantitative estimate of drug-likeness (QED) is 0.787. The molecule has 0 saturated carbocycles. The number of alkyl halides is 1. The minimum atomic E-state index is 0.301. The van der Waals surface area contributed by atoms with Crippen molar-refractivity contribution in [2.45, 2.75) is 25.3 Å². The molecule has 2 atom stereocenters. The molecule has 0 aromatic carbocycles. The Kier molecular flexibility index (Phi) is 4.19. The van der Waals surface area contributed by atoms with Gasteiger partial charge in [0.15, 0.2) is 0 Å². The van der Waals surface area contributed by atoms with Gasteiger partial charge in [-0.1, -0.05) is 15.9 Å². The highest BCUT2D eigenvalue weighted by molar-refractivity contribution is 9.09. The summed E-state index contributed by atoms with van der Waals surface area (Å²) in [5.41, 5.74) is 0. The Morgan fingerprint density at radius 3 is 2.80 bits per heavy atom. The van der Waals surface area contributed by atoms with Crippen LogP contribution in [0.4, 0.5) is 5.95 Å². The van der Waals surface area contributed by atoms with Gasteiger partial charge in [0, 0.05) is 49.8 Å². The summed E-state index contributed by atoms with van der Waals surface area (Å²) in [6.45, 7) is 2.72. The molecule has 0 bridgehead atoms. The second-order valence-corrected chi connectivity index (χ2v) is 6.21. The maximum Gasteiger partial charge on any atom is 0.225 e. The van der Waals surface area contributed by atoms with E-state index in [1.54, 1.807) is 12.4 Å². The highest BCUT2D eigenvalue weighted by Crippen LogP contribution is 2.26. The fraction of sp³-hybridized carbons (Fsp3) is 0.643. The summed E-state index contributed by atoms with van der Waals surface area (Å²) in [6.07, 6.45) is 6.40. The molecule has 2 unspecified atom stereocenters. The lowest BCUT2D eigenvalue weighted by atomic mass is 10.0. The lowest BCUT2D eigenvalue weighted by molar-refractivity contribution is -0.129. The number of carbonyl (C=O) groups is 1. The van der Waals surface area contributed by atoms with Crippen LogP contribution in [0.25, 0.3) is 0 Å². The van der Waals surface area contributed by atoms with Crippen LogP contribution in [0.1, 0.15) is 19.3 Å². The molecule has 6 heteroatoms. The van der Waals surface area contributed by atoms with Gasteiger partial charge in [-0.2, -0.15) is 0 Å². The van der Waals surface area contributed by atoms with E-state index >= 15 is 0 Å². The lowest BCUT2D eigenvalue weighted by Gasteiger charge is -2.37. The third-order valence-electron chi connectivity index (χ3n) is 4.13. The van der Waals surface area contributed by atoms with E-state index in [2.05, 4.69) is 35.7 Å². The zero-order valence-corrected chi connectivity index (χ0v) is 13.0. The number of likely N-dealkylation sites (tertiary alicyclic amines) is 1. The van der Waals surface area contributed by atoms with E-state index in [0.29, 0.717) is 24.3 Å². The van der Waals surface area contributed by atoms with Crippen LogP contribution in [-0.4, -0.2) is 51.8 Å². The van der Waals surface area contributed by atoms with E-state index in [1.165, 1.54) is 0 Å². The van der Waals surface area contributed by atoms with Gasteiger partial charge in [0.1, 0.15) is 0 Å². The second-order valence-electron chi connectivity index (χ2n) is 5.56. The molecule has 2 aliphatic rings. The third kappa shape index (κ3) is 2.80. The van der Waals surface area contributed by atoms with Crippen LogP contribution >= 0.6 is 15.9 Å². The van der Waals surface area contributed by atoms with E-state index in [9.17, 15) is 4.79 Å². The largest absolute Gasteiger partial charge is 0.339 e. The molecular weight excluding hydrogens is 320 g/mol. The molecule has 5 nitrogen and oxygen atoms in total. The van der Waals surface area contributed by atoms with Crippen molar-refractivity contribution in [3.05, 3.63) is 18.5 Å². The molecule has 0 aliphatic carbocycles. The number of hydrogen-bond donors (Lipinski definition) is 0. The van der Waals surface area contributed by atoms with E-state index in [-0.39, 0.29) is 0 Å². The van der Waals surface area contributed by atoms with Crippen LogP contribution in [0.3, 0.4) is 0 Å². The minimum Gasteiger partial charge on any atom is -0.339 e. The van der Waals surface area contributed by atoms with Crippen molar-refractivity contribution in [2.75, 3.05) is 29.9 Å². The summed E-state index contributed by atoms with van der Waals surface area (Å²) in [4.78, 5) is 25.0. The molecule has 0 spiro atoms. The maximum absolute atomic E-state index is 12.1. The summed E-state index contributed by atoms with van der Waals surface area (Å²) < 4.78 is 0. The van der Waals surface area contributed by atoms with Gasteiger partial charge in [-0.05, 0) is 24.8 Å². The van der Waals surface area contributed by atoms with Gasteiger partial charge < -0.3 is 9.80 Å². The number of rotatable bonds is 3. The SMILES string of the molecule is O=C1CC(CBr)CN1C1CCCN(c2ncccn2)C1.